The lowest BCUT2D eigenvalue weighted by molar-refractivity contribution is -0.0178. The molecule has 0 radical (unpaired) electrons. The number of methoxy groups -OCH3 is 1. The maximum absolute atomic E-state index is 9.21. The molecule has 1 N–H and O–H groups in total. The van der Waals surface area contributed by atoms with Crippen molar-refractivity contribution in [3.05, 3.63) is 47.5 Å². The predicted octanol–water partition coefficient (Wildman–Crippen LogP) is 2.31. The number of benzene rings is 1. The van der Waals surface area contributed by atoms with Gasteiger partial charge in [0, 0.05) is 38.6 Å². The number of nitriles is 1. The van der Waals surface area contributed by atoms with Gasteiger partial charge in [-0.15, -0.1) is 0 Å². The van der Waals surface area contributed by atoms with E-state index in [1.54, 1.807) is 13.3 Å². The molecule has 1 aliphatic heterocycles. The van der Waals surface area contributed by atoms with Gasteiger partial charge in [-0.05, 0) is 30.5 Å². The lowest BCUT2D eigenvalue weighted by atomic mass is 10.0. The molecule has 0 spiro atoms. The van der Waals surface area contributed by atoms with Gasteiger partial charge in [0.05, 0.1) is 12.7 Å². The molecule has 2 atom stereocenters. The highest BCUT2D eigenvalue weighted by molar-refractivity contribution is 5.45. The Hall–Kier alpha value is -2.36. The Morgan fingerprint density at radius 2 is 2.38 bits per heavy atom. The third-order valence-corrected chi connectivity index (χ3v) is 4.39. The molecule has 1 aromatic heterocycles. The zero-order valence-electron chi connectivity index (χ0n) is 14.0. The number of imidazole rings is 1. The van der Waals surface area contributed by atoms with Gasteiger partial charge in [-0.2, -0.15) is 5.26 Å². The van der Waals surface area contributed by atoms with Crippen LogP contribution in [0, 0.1) is 11.3 Å². The molecule has 1 aliphatic rings. The number of aromatic nitrogens is 2. The summed E-state index contributed by atoms with van der Waals surface area (Å²) in [6.45, 7) is 1.43. The standard InChI is InChI=1S/C18H22N4O2/c1-22-8-7-20-18(22)17-15(4-3-9-24-17)21-12-13-5-6-16(23-2)14(10-13)11-19/h5-8,10,15,17,21H,3-4,9,12H2,1-2H3/t15-,17-/m0/s1. The SMILES string of the molecule is COc1ccc(CN[C@H]2CCCO[C@@H]2c2nccn2C)cc1C#N. The Morgan fingerprint density at radius 1 is 1.50 bits per heavy atom. The number of rotatable bonds is 5. The van der Waals surface area contributed by atoms with Gasteiger partial charge in [0.25, 0.3) is 0 Å². The molecule has 126 valence electrons. The summed E-state index contributed by atoms with van der Waals surface area (Å²) in [4.78, 5) is 4.43. The summed E-state index contributed by atoms with van der Waals surface area (Å²) >= 11 is 0. The number of ether oxygens (including phenoxy) is 2. The van der Waals surface area contributed by atoms with Crippen LogP contribution in [0.15, 0.2) is 30.6 Å². The molecule has 24 heavy (non-hydrogen) atoms. The molecule has 1 aromatic carbocycles. The van der Waals surface area contributed by atoms with Crippen LogP contribution in [-0.4, -0.2) is 29.3 Å². The molecule has 6 heteroatoms. The minimum Gasteiger partial charge on any atom is -0.495 e. The van der Waals surface area contributed by atoms with Crippen molar-refractivity contribution in [3.8, 4) is 11.8 Å². The van der Waals surface area contributed by atoms with Crippen molar-refractivity contribution in [2.24, 2.45) is 7.05 Å². The lowest BCUT2D eigenvalue weighted by Gasteiger charge is -2.32. The summed E-state index contributed by atoms with van der Waals surface area (Å²) in [5.74, 6) is 1.55. The first-order chi connectivity index (χ1) is 11.7. The molecule has 0 unspecified atom stereocenters. The van der Waals surface area contributed by atoms with Crippen LogP contribution in [0.2, 0.25) is 0 Å². The van der Waals surface area contributed by atoms with Crippen molar-refractivity contribution < 1.29 is 9.47 Å². The Kier molecular flexibility index (Phi) is 5.14. The minimum absolute atomic E-state index is 0.0487. The Morgan fingerprint density at radius 3 is 3.08 bits per heavy atom. The summed E-state index contributed by atoms with van der Waals surface area (Å²) in [6, 6.07) is 8.06. The first-order valence-corrected chi connectivity index (χ1v) is 8.12. The molecule has 0 saturated carbocycles. The molecular weight excluding hydrogens is 304 g/mol. The van der Waals surface area contributed by atoms with E-state index in [1.807, 2.05) is 36.0 Å². The van der Waals surface area contributed by atoms with Crippen LogP contribution in [0.25, 0.3) is 0 Å². The molecule has 6 nitrogen and oxygen atoms in total. The fraction of sp³-hybridized carbons (Fsp3) is 0.444. The highest BCUT2D eigenvalue weighted by Gasteiger charge is 2.29. The van der Waals surface area contributed by atoms with Crippen molar-refractivity contribution in [2.45, 2.75) is 31.5 Å². The summed E-state index contributed by atoms with van der Waals surface area (Å²) < 4.78 is 13.2. The minimum atomic E-state index is -0.0487. The zero-order valence-corrected chi connectivity index (χ0v) is 14.0. The van der Waals surface area contributed by atoms with Crippen molar-refractivity contribution in [3.63, 3.8) is 0 Å². The van der Waals surface area contributed by atoms with Crippen LogP contribution in [0.4, 0.5) is 0 Å². The van der Waals surface area contributed by atoms with Gasteiger partial charge in [0.2, 0.25) is 0 Å². The molecule has 2 heterocycles. The van der Waals surface area contributed by atoms with E-state index in [0.29, 0.717) is 17.9 Å². The van der Waals surface area contributed by atoms with Crippen LogP contribution >= 0.6 is 0 Å². The van der Waals surface area contributed by atoms with Gasteiger partial charge in [-0.25, -0.2) is 4.98 Å². The second kappa shape index (κ2) is 7.47. The van der Waals surface area contributed by atoms with E-state index in [4.69, 9.17) is 9.47 Å². The molecular formula is C18H22N4O2. The van der Waals surface area contributed by atoms with Gasteiger partial charge < -0.3 is 19.4 Å². The fourth-order valence-electron chi connectivity index (χ4n) is 3.10. The fourth-order valence-corrected chi connectivity index (χ4v) is 3.10. The first-order valence-electron chi connectivity index (χ1n) is 8.12. The highest BCUT2D eigenvalue weighted by Crippen LogP contribution is 2.27. The lowest BCUT2D eigenvalue weighted by Crippen LogP contribution is -2.40. The van der Waals surface area contributed by atoms with E-state index in [9.17, 15) is 5.26 Å². The van der Waals surface area contributed by atoms with E-state index in [1.165, 1.54) is 0 Å². The van der Waals surface area contributed by atoms with Gasteiger partial charge in [0.1, 0.15) is 23.7 Å². The highest BCUT2D eigenvalue weighted by atomic mass is 16.5. The van der Waals surface area contributed by atoms with Crippen molar-refractivity contribution in [1.82, 2.24) is 14.9 Å². The number of hydrogen-bond donors (Lipinski definition) is 1. The van der Waals surface area contributed by atoms with Gasteiger partial charge >= 0.3 is 0 Å². The molecule has 1 fully saturated rings. The van der Waals surface area contributed by atoms with Gasteiger partial charge in [-0.3, -0.25) is 0 Å². The third-order valence-electron chi connectivity index (χ3n) is 4.39. The van der Waals surface area contributed by atoms with Crippen LogP contribution in [0.1, 0.15) is 35.9 Å². The zero-order chi connectivity index (χ0) is 16.9. The van der Waals surface area contributed by atoms with Crippen LogP contribution < -0.4 is 10.1 Å². The Balaban J connectivity index is 1.71. The first kappa shape index (κ1) is 16.5. The Bertz CT molecular complexity index is 735. The largest absolute Gasteiger partial charge is 0.495 e. The van der Waals surface area contributed by atoms with Crippen LogP contribution in [-0.2, 0) is 18.3 Å². The monoisotopic (exact) mass is 326 g/mol. The van der Waals surface area contributed by atoms with Crippen molar-refractivity contribution >= 4 is 0 Å². The predicted molar refractivity (Wildman–Crippen MR) is 89.5 cm³/mol. The molecule has 0 aliphatic carbocycles. The number of aryl methyl sites for hydroxylation is 1. The van der Waals surface area contributed by atoms with E-state index < -0.39 is 0 Å². The van der Waals surface area contributed by atoms with Gasteiger partial charge in [0.15, 0.2) is 0 Å². The van der Waals surface area contributed by atoms with Crippen LogP contribution in [0.3, 0.4) is 0 Å². The number of nitrogens with one attached hydrogen (secondary N) is 1. The van der Waals surface area contributed by atoms with Crippen LogP contribution in [0.5, 0.6) is 5.75 Å². The smallest absolute Gasteiger partial charge is 0.139 e. The van der Waals surface area contributed by atoms with E-state index >= 15 is 0 Å². The average molecular weight is 326 g/mol. The van der Waals surface area contributed by atoms with Crippen molar-refractivity contribution in [1.29, 1.82) is 5.26 Å². The molecule has 0 amide bonds. The summed E-state index contributed by atoms with van der Waals surface area (Å²) in [5.41, 5.74) is 1.61. The Labute approximate surface area is 142 Å². The van der Waals surface area contributed by atoms with E-state index in [0.717, 1.165) is 30.8 Å². The molecule has 0 bridgehead atoms. The number of hydrogen-bond acceptors (Lipinski definition) is 5. The number of nitrogens with zero attached hydrogens (tertiary/aromatic N) is 3. The van der Waals surface area contributed by atoms with E-state index in [-0.39, 0.29) is 12.1 Å². The van der Waals surface area contributed by atoms with E-state index in [2.05, 4.69) is 16.4 Å². The quantitative estimate of drug-likeness (QED) is 0.913. The van der Waals surface area contributed by atoms with Gasteiger partial charge in [-0.1, -0.05) is 6.07 Å². The second-order valence-electron chi connectivity index (χ2n) is 5.96. The summed E-state index contributed by atoms with van der Waals surface area (Å²) in [6.07, 6.45) is 5.76. The topological polar surface area (TPSA) is 72.1 Å². The normalized spacial score (nSPS) is 20.5. The van der Waals surface area contributed by atoms with Crippen molar-refractivity contribution in [2.75, 3.05) is 13.7 Å². The second-order valence-corrected chi connectivity index (χ2v) is 5.96. The molecule has 1 saturated heterocycles. The molecule has 2 aromatic rings. The molecule has 3 rings (SSSR count). The average Bonchev–Trinajstić information content (AvgIpc) is 3.05. The third kappa shape index (κ3) is 3.42. The maximum atomic E-state index is 9.21. The summed E-state index contributed by atoms with van der Waals surface area (Å²) in [7, 11) is 3.56. The maximum Gasteiger partial charge on any atom is 0.139 e. The summed E-state index contributed by atoms with van der Waals surface area (Å²) in [5, 5.41) is 12.8.